The lowest BCUT2D eigenvalue weighted by atomic mass is 10.4. The molecule has 0 fully saturated rings. The Balaban J connectivity index is 2.49. The first-order valence-corrected chi connectivity index (χ1v) is 4.73. The van der Waals surface area contributed by atoms with Gasteiger partial charge in [-0.25, -0.2) is 9.50 Å². The molecule has 0 saturated heterocycles. The van der Waals surface area contributed by atoms with Crippen molar-refractivity contribution in [3.05, 3.63) is 28.6 Å². The van der Waals surface area contributed by atoms with E-state index in [-0.39, 0.29) is 0 Å². The molecule has 2 aromatic rings. The zero-order valence-corrected chi connectivity index (χ0v) is 8.74. The normalized spacial score (nSPS) is 10.9. The molecule has 0 aliphatic rings. The molecule has 5 heteroatoms. The van der Waals surface area contributed by atoms with E-state index in [9.17, 15) is 0 Å². The summed E-state index contributed by atoms with van der Waals surface area (Å²) in [7, 11) is 1.90. The van der Waals surface area contributed by atoms with Crippen molar-refractivity contribution in [3.8, 4) is 0 Å². The van der Waals surface area contributed by atoms with Crippen molar-refractivity contribution in [3.63, 3.8) is 0 Å². The van der Waals surface area contributed by atoms with Crippen LogP contribution in [0.5, 0.6) is 0 Å². The van der Waals surface area contributed by atoms with Crippen molar-refractivity contribution in [2.24, 2.45) is 0 Å². The lowest BCUT2D eigenvalue weighted by Crippen LogP contribution is -2.05. The highest BCUT2D eigenvalue weighted by Crippen LogP contribution is 2.09. The van der Waals surface area contributed by atoms with Gasteiger partial charge in [-0.05, 0) is 23.0 Å². The molecular weight excluding hydrogens is 232 g/mol. The second-order valence-electron chi connectivity index (χ2n) is 2.74. The molecule has 0 aliphatic carbocycles. The largest absolute Gasteiger partial charge is 0.314 e. The molecule has 0 radical (unpaired) electrons. The third-order valence-corrected chi connectivity index (χ3v) is 2.10. The van der Waals surface area contributed by atoms with Gasteiger partial charge >= 0.3 is 0 Å². The Labute approximate surface area is 84.1 Å². The van der Waals surface area contributed by atoms with Gasteiger partial charge in [0.25, 0.3) is 0 Å². The van der Waals surface area contributed by atoms with Gasteiger partial charge in [-0.3, -0.25) is 0 Å². The summed E-state index contributed by atoms with van der Waals surface area (Å²) < 4.78 is 2.69. The fourth-order valence-electron chi connectivity index (χ4n) is 1.17. The van der Waals surface area contributed by atoms with E-state index in [1.54, 1.807) is 10.7 Å². The van der Waals surface area contributed by atoms with Crippen LogP contribution in [0, 0.1) is 0 Å². The minimum Gasteiger partial charge on any atom is -0.314 e. The Morgan fingerprint density at radius 1 is 1.62 bits per heavy atom. The van der Waals surface area contributed by atoms with Gasteiger partial charge < -0.3 is 5.32 Å². The number of fused-ring (bicyclic) bond motifs is 1. The summed E-state index contributed by atoms with van der Waals surface area (Å²) >= 11 is 3.34. The third kappa shape index (κ3) is 1.71. The molecule has 68 valence electrons. The lowest BCUT2D eigenvalue weighted by molar-refractivity contribution is 0.768. The first kappa shape index (κ1) is 8.65. The van der Waals surface area contributed by atoms with E-state index in [1.807, 2.05) is 19.3 Å². The molecule has 2 rings (SSSR count). The van der Waals surface area contributed by atoms with Crippen LogP contribution >= 0.6 is 15.9 Å². The highest BCUT2D eigenvalue weighted by atomic mass is 79.9. The van der Waals surface area contributed by atoms with Crippen molar-refractivity contribution < 1.29 is 0 Å². The maximum Gasteiger partial charge on any atom is 0.155 e. The van der Waals surface area contributed by atoms with Gasteiger partial charge in [0, 0.05) is 25.0 Å². The number of nitrogens with zero attached hydrogens (tertiary/aromatic N) is 3. The molecule has 0 aliphatic heterocycles. The molecule has 0 atom stereocenters. The quantitative estimate of drug-likeness (QED) is 0.859. The molecule has 0 aromatic carbocycles. The van der Waals surface area contributed by atoms with E-state index in [4.69, 9.17) is 0 Å². The summed E-state index contributed by atoms with van der Waals surface area (Å²) in [6.45, 7) is 0.765. The number of hydrogen-bond acceptors (Lipinski definition) is 3. The second kappa shape index (κ2) is 3.43. The van der Waals surface area contributed by atoms with E-state index in [0.29, 0.717) is 0 Å². The SMILES string of the molecule is CNCc1cc2ncc(Br)cn2n1. The summed E-state index contributed by atoms with van der Waals surface area (Å²) in [5.41, 5.74) is 1.86. The second-order valence-corrected chi connectivity index (χ2v) is 3.66. The van der Waals surface area contributed by atoms with Gasteiger partial charge in [-0.1, -0.05) is 0 Å². The summed E-state index contributed by atoms with van der Waals surface area (Å²) in [5, 5.41) is 7.37. The van der Waals surface area contributed by atoms with Gasteiger partial charge in [0.15, 0.2) is 5.65 Å². The highest BCUT2D eigenvalue weighted by Gasteiger charge is 2.01. The van der Waals surface area contributed by atoms with Crippen molar-refractivity contribution in [2.75, 3.05) is 7.05 Å². The lowest BCUT2D eigenvalue weighted by Gasteiger charge is -1.91. The van der Waals surface area contributed by atoms with Gasteiger partial charge in [0.1, 0.15) is 0 Å². The Kier molecular flexibility index (Phi) is 2.28. The van der Waals surface area contributed by atoms with Crippen LogP contribution in [0.15, 0.2) is 22.9 Å². The zero-order chi connectivity index (χ0) is 9.26. The van der Waals surface area contributed by atoms with Crippen molar-refractivity contribution in [1.29, 1.82) is 0 Å². The molecule has 0 saturated carbocycles. The molecule has 0 bridgehead atoms. The number of rotatable bonds is 2. The standard InChI is InChI=1S/C8H9BrN4/c1-10-4-7-2-8-11-3-6(9)5-13(8)12-7/h2-3,5,10H,4H2,1H3. The summed E-state index contributed by atoms with van der Waals surface area (Å²) in [5.74, 6) is 0. The molecular formula is C8H9BrN4. The molecule has 2 aromatic heterocycles. The van der Waals surface area contributed by atoms with E-state index < -0.39 is 0 Å². The highest BCUT2D eigenvalue weighted by molar-refractivity contribution is 9.10. The van der Waals surface area contributed by atoms with Crippen LogP contribution < -0.4 is 5.32 Å². The average molecular weight is 241 g/mol. The van der Waals surface area contributed by atoms with Crippen LogP contribution in [0.2, 0.25) is 0 Å². The average Bonchev–Trinajstić information content (AvgIpc) is 2.46. The topological polar surface area (TPSA) is 42.2 Å². The molecule has 0 spiro atoms. The number of halogens is 1. The Bertz CT molecular complexity index is 423. The first-order chi connectivity index (χ1) is 6.29. The molecule has 2 heterocycles. The maximum atomic E-state index is 4.32. The van der Waals surface area contributed by atoms with Crippen LogP contribution in [-0.4, -0.2) is 21.6 Å². The maximum absolute atomic E-state index is 4.32. The van der Waals surface area contributed by atoms with Crippen molar-refractivity contribution >= 4 is 21.6 Å². The smallest absolute Gasteiger partial charge is 0.155 e. The molecule has 0 amide bonds. The fourth-order valence-corrected chi connectivity index (χ4v) is 1.47. The van der Waals surface area contributed by atoms with Gasteiger partial charge in [0.2, 0.25) is 0 Å². The fraction of sp³-hybridized carbons (Fsp3) is 0.250. The van der Waals surface area contributed by atoms with Crippen LogP contribution in [0.4, 0.5) is 0 Å². The monoisotopic (exact) mass is 240 g/mol. The van der Waals surface area contributed by atoms with Crippen LogP contribution in [0.25, 0.3) is 5.65 Å². The van der Waals surface area contributed by atoms with Crippen LogP contribution in [0.3, 0.4) is 0 Å². The van der Waals surface area contributed by atoms with Gasteiger partial charge in [0.05, 0.1) is 10.2 Å². The number of nitrogens with one attached hydrogen (secondary N) is 1. The van der Waals surface area contributed by atoms with Gasteiger partial charge in [-0.15, -0.1) is 0 Å². The Hall–Kier alpha value is -0.940. The minimum atomic E-state index is 0.765. The van der Waals surface area contributed by atoms with Crippen molar-refractivity contribution in [2.45, 2.75) is 6.54 Å². The predicted octanol–water partition coefficient (Wildman–Crippen LogP) is 1.21. The van der Waals surface area contributed by atoms with Crippen LogP contribution in [-0.2, 0) is 6.54 Å². The van der Waals surface area contributed by atoms with E-state index in [0.717, 1.165) is 22.4 Å². The number of hydrogen-bond donors (Lipinski definition) is 1. The van der Waals surface area contributed by atoms with E-state index >= 15 is 0 Å². The molecule has 0 unspecified atom stereocenters. The minimum absolute atomic E-state index is 0.765. The molecule has 13 heavy (non-hydrogen) atoms. The summed E-state index contributed by atoms with van der Waals surface area (Å²) in [6, 6.07) is 1.96. The zero-order valence-electron chi connectivity index (χ0n) is 7.16. The number of aromatic nitrogens is 3. The van der Waals surface area contributed by atoms with E-state index in [1.165, 1.54) is 0 Å². The van der Waals surface area contributed by atoms with Gasteiger partial charge in [-0.2, -0.15) is 5.10 Å². The summed E-state index contributed by atoms with van der Waals surface area (Å²) in [4.78, 5) is 4.21. The van der Waals surface area contributed by atoms with Crippen LogP contribution in [0.1, 0.15) is 5.69 Å². The van der Waals surface area contributed by atoms with E-state index in [2.05, 4.69) is 31.3 Å². The molecule has 1 N–H and O–H groups in total. The van der Waals surface area contributed by atoms with Crippen molar-refractivity contribution in [1.82, 2.24) is 19.9 Å². The first-order valence-electron chi connectivity index (χ1n) is 3.94. The summed E-state index contributed by atoms with van der Waals surface area (Å²) in [6.07, 6.45) is 3.65. The molecule has 4 nitrogen and oxygen atoms in total. The Morgan fingerprint density at radius 3 is 3.23 bits per heavy atom. The third-order valence-electron chi connectivity index (χ3n) is 1.69. The predicted molar refractivity (Wildman–Crippen MR) is 53.5 cm³/mol. The Morgan fingerprint density at radius 2 is 2.46 bits per heavy atom.